The second kappa shape index (κ2) is 6.24. The first-order chi connectivity index (χ1) is 11.7. The van der Waals surface area contributed by atoms with E-state index in [-0.39, 0.29) is 30.4 Å². The first-order valence-electron chi connectivity index (χ1n) is 8.64. The fraction of sp³-hybridized carbons (Fsp3) is 0.579. The van der Waals surface area contributed by atoms with Gasteiger partial charge in [-0.2, -0.15) is 0 Å². The van der Waals surface area contributed by atoms with Crippen molar-refractivity contribution >= 4 is 12.2 Å². The molecule has 0 unspecified atom stereocenters. The number of hydrogen-bond acceptors (Lipinski definition) is 4. The van der Waals surface area contributed by atoms with Gasteiger partial charge in [0.2, 0.25) is 0 Å². The van der Waals surface area contributed by atoms with Gasteiger partial charge in [0.1, 0.15) is 12.2 Å². The zero-order chi connectivity index (χ0) is 18.2. The molecule has 4 rings (SSSR count). The summed E-state index contributed by atoms with van der Waals surface area (Å²) < 4.78 is 10.9. The normalized spacial score (nSPS) is 24.5. The smallest absolute Gasteiger partial charge is 0.410 e. The Bertz CT molecular complexity index is 647. The van der Waals surface area contributed by atoms with Gasteiger partial charge in [0.05, 0.1) is 5.54 Å². The van der Waals surface area contributed by atoms with Crippen LogP contribution < -0.4 is 0 Å². The van der Waals surface area contributed by atoms with E-state index in [0.717, 1.165) is 18.4 Å². The van der Waals surface area contributed by atoms with Gasteiger partial charge in [-0.15, -0.1) is 0 Å². The lowest BCUT2D eigenvalue weighted by Crippen LogP contribution is -2.55. The van der Waals surface area contributed by atoms with Crippen LogP contribution in [0.1, 0.15) is 39.2 Å². The average Bonchev–Trinajstić information content (AvgIpc) is 3.08. The first kappa shape index (κ1) is 17.6. The SMILES string of the molecule is CN(C(=O)OCc1ccccc1)C12CC(C1)N(C(=O)OC(C)(C)C)C2. The second-order valence-corrected chi connectivity index (χ2v) is 7.99. The van der Waals surface area contributed by atoms with Crippen molar-refractivity contribution in [2.75, 3.05) is 13.6 Å². The van der Waals surface area contributed by atoms with Crippen LogP contribution in [-0.4, -0.2) is 52.8 Å². The van der Waals surface area contributed by atoms with Gasteiger partial charge < -0.3 is 19.3 Å². The second-order valence-electron chi connectivity index (χ2n) is 7.99. The average molecular weight is 346 g/mol. The predicted molar refractivity (Wildman–Crippen MR) is 93.1 cm³/mol. The van der Waals surface area contributed by atoms with Crippen LogP contribution in [0.3, 0.4) is 0 Å². The molecule has 0 radical (unpaired) electrons. The van der Waals surface area contributed by atoms with Crippen LogP contribution in [0.25, 0.3) is 0 Å². The van der Waals surface area contributed by atoms with Gasteiger partial charge >= 0.3 is 12.2 Å². The van der Waals surface area contributed by atoms with Crippen LogP contribution in [0.5, 0.6) is 0 Å². The number of amides is 2. The number of rotatable bonds is 3. The first-order valence-corrected chi connectivity index (χ1v) is 8.64. The lowest BCUT2D eigenvalue weighted by molar-refractivity contribution is 0.0235. The van der Waals surface area contributed by atoms with Gasteiger partial charge in [0.25, 0.3) is 0 Å². The number of carbonyl (C=O) groups is 2. The quantitative estimate of drug-likeness (QED) is 0.841. The summed E-state index contributed by atoms with van der Waals surface area (Å²) in [4.78, 5) is 28.1. The number of carbonyl (C=O) groups excluding carboxylic acids is 2. The molecule has 1 aromatic rings. The van der Waals surface area contributed by atoms with E-state index in [1.165, 1.54) is 0 Å². The van der Waals surface area contributed by atoms with Crippen molar-refractivity contribution < 1.29 is 19.1 Å². The highest BCUT2D eigenvalue weighted by Crippen LogP contribution is 2.48. The van der Waals surface area contributed by atoms with E-state index >= 15 is 0 Å². The van der Waals surface area contributed by atoms with Gasteiger partial charge in [0, 0.05) is 19.6 Å². The molecule has 0 spiro atoms. The Labute approximate surface area is 148 Å². The molecule has 6 heteroatoms. The summed E-state index contributed by atoms with van der Waals surface area (Å²) in [6.45, 7) is 6.32. The van der Waals surface area contributed by atoms with E-state index in [9.17, 15) is 9.59 Å². The molecule has 0 N–H and O–H groups in total. The maximum Gasteiger partial charge on any atom is 0.410 e. The van der Waals surface area contributed by atoms with Crippen molar-refractivity contribution in [3.05, 3.63) is 35.9 Å². The van der Waals surface area contributed by atoms with Gasteiger partial charge in [0.15, 0.2) is 0 Å². The van der Waals surface area contributed by atoms with Gasteiger partial charge in [-0.1, -0.05) is 30.3 Å². The van der Waals surface area contributed by atoms with Crippen LogP contribution in [0.4, 0.5) is 9.59 Å². The Morgan fingerprint density at radius 3 is 2.48 bits per heavy atom. The van der Waals surface area contributed by atoms with Crippen LogP contribution in [0, 0.1) is 0 Å². The molecule has 0 atom stereocenters. The fourth-order valence-corrected chi connectivity index (χ4v) is 3.54. The molecule has 2 saturated heterocycles. The Hall–Kier alpha value is -2.24. The van der Waals surface area contributed by atoms with Crippen LogP contribution in [0.15, 0.2) is 30.3 Å². The molecule has 1 aromatic carbocycles. The zero-order valence-corrected chi connectivity index (χ0v) is 15.3. The minimum absolute atomic E-state index is 0.152. The molecule has 6 nitrogen and oxygen atoms in total. The third-order valence-corrected chi connectivity index (χ3v) is 4.96. The number of hydrogen-bond donors (Lipinski definition) is 0. The van der Waals surface area contributed by atoms with E-state index in [2.05, 4.69) is 0 Å². The number of likely N-dealkylation sites (N-methyl/N-ethyl adjacent to an activating group) is 1. The van der Waals surface area contributed by atoms with Crippen molar-refractivity contribution in [2.24, 2.45) is 0 Å². The molecule has 3 fully saturated rings. The van der Waals surface area contributed by atoms with Crippen LogP contribution in [0.2, 0.25) is 0 Å². The molecule has 2 heterocycles. The van der Waals surface area contributed by atoms with Crippen LogP contribution >= 0.6 is 0 Å². The molecule has 136 valence electrons. The summed E-state index contributed by atoms with van der Waals surface area (Å²) in [5.74, 6) is 0. The summed E-state index contributed by atoms with van der Waals surface area (Å²) in [6.07, 6.45) is 0.906. The molecule has 1 saturated carbocycles. The molecular formula is C19H26N2O4. The molecular weight excluding hydrogens is 320 g/mol. The highest BCUT2D eigenvalue weighted by molar-refractivity contribution is 5.73. The van der Waals surface area contributed by atoms with Gasteiger partial charge in [-0.25, -0.2) is 9.59 Å². The number of nitrogens with zero attached hydrogens (tertiary/aromatic N) is 2. The van der Waals surface area contributed by atoms with Crippen molar-refractivity contribution in [1.29, 1.82) is 0 Å². The van der Waals surface area contributed by atoms with Crippen LogP contribution in [-0.2, 0) is 16.1 Å². The number of benzene rings is 1. The largest absolute Gasteiger partial charge is 0.445 e. The monoisotopic (exact) mass is 346 g/mol. The third kappa shape index (κ3) is 3.57. The minimum atomic E-state index is -0.516. The van der Waals surface area contributed by atoms with E-state index < -0.39 is 5.60 Å². The van der Waals surface area contributed by atoms with Crippen molar-refractivity contribution in [3.63, 3.8) is 0 Å². The maximum absolute atomic E-state index is 12.4. The van der Waals surface area contributed by atoms with Gasteiger partial charge in [-0.3, -0.25) is 0 Å². The predicted octanol–water partition coefficient (Wildman–Crippen LogP) is 3.41. The van der Waals surface area contributed by atoms with Gasteiger partial charge in [-0.05, 0) is 39.2 Å². The van der Waals surface area contributed by atoms with Crippen molar-refractivity contribution in [2.45, 2.75) is 57.4 Å². The Kier molecular flexibility index (Phi) is 4.39. The standard InChI is InChI=1S/C19H26N2O4/c1-18(2,3)25-17(23)21-13-19(10-15(21)11-19)20(4)16(22)24-12-14-8-6-5-7-9-14/h5-9,15H,10-13H2,1-4H3. The minimum Gasteiger partial charge on any atom is -0.445 e. The topological polar surface area (TPSA) is 59.1 Å². The summed E-state index contributed by atoms with van der Waals surface area (Å²) >= 11 is 0. The van der Waals surface area contributed by atoms with Crippen molar-refractivity contribution in [1.82, 2.24) is 9.80 Å². The summed E-state index contributed by atoms with van der Waals surface area (Å²) in [5.41, 5.74) is 0.114. The number of fused-ring (bicyclic) bond motifs is 1. The lowest BCUT2D eigenvalue weighted by Gasteiger charge is -2.43. The Balaban J connectivity index is 1.56. The molecule has 0 aromatic heterocycles. The Morgan fingerprint density at radius 1 is 1.24 bits per heavy atom. The van der Waals surface area contributed by atoms with E-state index in [1.54, 1.807) is 16.8 Å². The molecule has 3 aliphatic rings. The summed E-state index contributed by atoms with van der Waals surface area (Å²) in [7, 11) is 1.75. The zero-order valence-electron chi connectivity index (χ0n) is 15.3. The summed E-state index contributed by atoms with van der Waals surface area (Å²) in [6, 6.07) is 9.75. The Morgan fingerprint density at radius 2 is 1.88 bits per heavy atom. The van der Waals surface area contributed by atoms with E-state index in [4.69, 9.17) is 9.47 Å². The van der Waals surface area contributed by atoms with E-state index in [0.29, 0.717) is 6.54 Å². The molecule has 2 bridgehead atoms. The lowest BCUT2D eigenvalue weighted by atomic mass is 9.77. The molecule has 25 heavy (non-hydrogen) atoms. The highest BCUT2D eigenvalue weighted by atomic mass is 16.6. The fourth-order valence-electron chi connectivity index (χ4n) is 3.54. The highest BCUT2D eigenvalue weighted by Gasteiger charge is 2.61. The van der Waals surface area contributed by atoms with Crippen molar-refractivity contribution in [3.8, 4) is 0 Å². The molecule has 2 aliphatic heterocycles. The number of ether oxygens (including phenoxy) is 2. The summed E-state index contributed by atoms with van der Waals surface area (Å²) in [5, 5.41) is 0. The third-order valence-electron chi connectivity index (χ3n) is 4.96. The molecule has 1 aliphatic carbocycles. The molecule has 2 amide bonds. The van der Waals surface area contributed by atoms with E-state index in [1.807, 2.05) is 51.1 Å². The maximum atomic E-state index is 12.4.